The highest BCUT2D eigenvalue weighted by molar-refractivity contribution is 5.93. The molecule has 0 saturated carbocycles. The van der Waals surface area contributed by atoms with Crippen LogP contribution in [0.5, 0.6) is 0 Å². The molecule has 5 heteroatoms. The quantitative estimate of drug-likeness (QED) is 0.723. The van der Waals surface area contributed by atoms with Gasteiger partial charge in [-0.05, 0) is 43.7 Å². The predicted molar refractivity (Wildman–Crippen MR) is 99.1 cm³/mol. The summed E-state index contributed by atoms with van der Waals surface area (Å²) in [4.78, 5) is 21.6. The Morgan fingerprint density at radius 3 is 2.80 bits per heavy atom. The zero-order chi connectivity index (χ0) is 17.4. The normalized spacial score (nSPS) is 17.9. The molecular weight excluding hydrogens is 312 g/mol. The van der Waals surface area contributed by atoms with Crippen LogP contribution in [-0.4, -0.2) is 45.9 Å². The van der Waals surface area contributed by atoms with Crippen molar-refractivity contribution < 1.29 is 4.79 Å². The minimum atomic E-state index is 0.0134. The monoisotopic (exact) mass is 334 g/mol. The summed E-state index contributed by atoms with van der Waals surface area (Å²) < 4.78 is 1.89. The summed E-state index contributed by atoms with van der Waals surface area (Å²) in [6.07, 6.45) is 3.73. The topological polar surface area (TPSA) is 40.9 Å². The maximum atomic E-state index is 12.8. The highest BCUT2D eigenvalue weighted by atomic mass is 16.2. The number of amides is 1. The van der Waals surface area contributed by atoms with E-state index in [0.29, 0.717) is 18.8 Å². The summed E-state index contributed by atoms with van der Waals surface area (Å²) in [5.74, 6) is 0.0134. The summed E-state index contributed by atoms with van der Waals surface area (Å²) in [5.41, 5.74) is 3.81. The van der Waals surface area contributed by atoms with Gasteiger partial charge >= 0.3 is 0 Å². The van der Waals surface area contributed by atoms with E-state index >= 15 is 0 Å². The maximum absolute atomic E-state index is 12.8. The van der Waals surface area contributed by atoms with E-state index < -0.39 is 0 Å². The summed E-state index contributed by atoms with van der Waals surface area (Å²) in [5, 5.41) is 0. The first kappa shape index (κ1) is 15.7. The number of imidazole rings is 1. The Balaban J connectivity index is 1.51. The van der Waals surface area contributed by atoms with E-state index in [9.17, 15) is 4.79 Å². The molecule has 0 aliphatic carbocycles. The molecule has 3 aromatic rings. The van der Waals surface area contributed by atoms with Gasteiger partial charge in [0.25, 0.3) is 5.91 Å². The van der Waals surface area contributed by atoms with Crippen LogP contribution < -0.4 is 4.90 Å². The molecule has 2 aromatic heterocycles. The fourth-order valence-electron chi connectivity index (χ4n) is 3.53. The first-order valence-corrected chi connectivity index (χ1v) is 8.68. The van der Waals surface area contributed by atoms with Crippen molar-refractivity contribution in [1.82, 2.24) is 14.3 Å². The Morgan fingerprint density at radius 1 is 1.16 bits per heavy atom. The molecule has 0 unspecified atom stereocenters. The van der Waals surface area contributed by atoms with Gasteiger partial charge in [0, 0.05) is 43.8 Å². The minimum absolute atomic E-state index is 0.0134. The SMILES string of the molecule is Cc1cccc(N2CCN(C(=O)c3cn4ccccc4n3)C[C@H]2C)c1. The second-order valence-electron chi connectivity index (χ2n) is 6.72. The van der Waals surface area contributed by atoms with Gasteiger partial charge in [-0.25, -0.2) is 4.98 Å². The number of benzene rings is 1. The zero-order valence-corrected chi connectivity index (χ0v) is 14.6. The van der Waals surface area contributed by atoms with E-state index in [1.807, 2.05) is 39.9 Å². The molecule has 0 N–H and O–H groups in total. The van der Waals surface area contributed by atoms with Gasteiger partial charge in [0.1, 0.15) is 11.3 Å². The Kier molecular flexibility index (Phi) is 3.92. The summed E-state index contributed by atoms with van der Waals surface area (Å²) in [7, 11) is 0. The molecule has 1 saturated heterocycles. The number of pyridine rings is 1. The van der Waals surface area contributed by atoms with Crippen molar-refractivity contribution in [2.24, 2.45) is 0 Å². The van der Waals surface area contributed by atoms with Gasteiger partial charge in [0.15, 0.2) is 0 Å². The Labute approximate surface area is 147 Å². The number of fused-ring (bicyclic) bond motifs is 1. The summed E-state index contributed by atoms with van der Waals surface area (Å²) in [6, 6.07) is 14.6. The number of rotatable bonds is 2. The third-order valence-electron chi connectivity index (χ3n) is 4.83. The van der Waals surface area contributed by atoms with Crippen LogP contribution >= 0.6 is 0 Å². The lowest BCUT2D eigenvalue weighted by Gasteiger charge is -2.41. The van der Waals surface area contributed by atoms with Crippen molar-refractivity contribution in [2.75, 3.05) is 24.5 Å². The fraction of sp³-hybridized carbons (Fsp3) is 0.300. The van der Waals surface area contributed by atoms with Crippen LogP contribution in [0.25, 0.3) is 5.65 Å². The molecule has 4 rings (SSSR count). The van der Waals surface area contributed by atoms with Crippen molar-refractivity contribution in [3.63, 3.8) is 0 Å². The van der Waals surface area contributed by atoms with Crippen molar-refractivity contribution in [2.45, 2.75) is 19.9 Å². The molecule has 1 aliphatic heterocycles. The van der Waals surface area contributed by atoms with Gasteiger partial charge in [0.05, 0.1) is 0 Å². The number of nitrogens with zero attached hydrogens (tertiary/aromatic N) is 4. The van der Waals surface area contributed by atoms with E-state index in [4.69, 9.17) is 0 Å². The van der Waals surface area contributed by atoms with Crippen molar-refractivity contribution in [3.05, 3.63) is 66.1 Å². The van der Waals surface area contributed by atoms with E-state index in [1.165, 1.54) is 11.3 Å². The van der Waals surface area contributed by atoms with Crippen molar-refractivity contribution in [3.8, 4) is 0 Å². The second kappa shape index (κ2) is 6.24. The lowest BCUT2D eigenvalue weighted by Crippen LogP contribution is -2.53. The maximum Gasteiger partial charge on any atom is 0.274 e. The Morgan fingerprint density at radius 2 is 2.04 bits per heavy atom. The van der Waals surface area contributed by atoms with Gasteiger partial charge in [-0.15, -0.1) is 0 Å². The predicted octanol–water partition coefficient (Wildman–Crippen LogP) is 2.99. The van der Waals surface area contributed by atoms with E-state index in [-0.39, 0.29) is 11.9 Å². The molecule has 128 valence electrons. The van der Waals surface area contributed by atoms with Gasteiger partial charge in [-0.1, -0.05) is 18.2 Å². The molecule has 1 amide bonds. The number of hydrogen-bond donors (Lipinski definition) is 0. The Bertz CT molecular complexity index is 884. The fourth-order valence-corrected chi connectivity index (χ4v) is 3.53. The molecule has 5 nitrogen and oxygen atoms in total. The van der Waals surface area contributed by atoms with Crippen LogP contribution in [0.2, 0.25) is 0 Å². The van der Waals surface area contributed by atoms with Gasteiger partial charge in [0.2, 0.25) is 0 Å². The highest BCUT2D eigenvalue weighted by Crippen LogP contribution is 2.22. The zero-order valence-electron chi connectivity index (χ0n) is 14.6. The molecule has 0 bridgehead atoms. The molecule has 25 heavy (non-hydrogen) atoms. The minimum Gasteiger partial charge on any atom is -0.365 e. The number of aromatic nitrogens is 2. The van der Waals surface area contributed by atoms with Crippen LogP contribution in [-0.2, 0) is 0 Å². The van der Waals surface area contributed by atoms with Gasteiger partial charge in [-0.2, -0.15) is 0 Å². The number of aryl methyl sites for hydroxylation is 1. The summed E-state index contributed by atoms with van der Waals surface area (Å²) in [6.45, 7) is 6.54. The molecule has 1 aromatic carbocycles. The average Bonchev–Trinajstić information content (AvgIpc) is 3.05. The summed E-state index contributed by atoms with van der Waals surface area (Å²) >= 11 is 0. The standard InChI is InChI=1S/C20H22N4O/c1-15-6-5-7-17(12-15)24-11-10-23(13-16(24)2)20(25)18-14-22-9-4-3-8-19(22)21-18/h3-9,12,14,16H,10-11,13H2,1-2H3/t16-/m1/s1. The average molecular weight is 334 g/mol. The van der Waals surface area contributed by atoms with Gasteiger partial charge < -0.3 is 14.2 Å². The van der Waals surface area contributed by atoms with Crippen LogP contribution in [0.4, 0.5) is 5.69 Å². The molecular formula is C20H22N4O. The van der Waals surface area contributed by atoms with Crippen LogP contribution in [0.1, 0.15) is 23.0 Å². The largest absolute Gasteiger partial charge is 0.365 e. The number of carbonyl (C=O) groups is 1. The number of anilines is 1. The van der Waals surface area contributed by atoms with E-state index in [0.717, 1.165) is 12.2 Å². The Hall–Kier alpha value is -2.82. The molecule has 0 spiro atoms. The van der Waals surface area contributed by atoms with Gasteiger partial charge in [-0.3, -0.25) is 4.79 Å². The lowest BCUT2D eigenvalue weighted by atomic mass is 10.1. The van der Waals surface area contributed by atoms with Crippen LogP contribution in [0, 0.1) is 6.92 Å². The number of hydrogen-bond acceptors (Lipinski definition) is 3. The van der Waals surface area contributed by atoms with E-state index in [2.05, 4.69) is 48.0 Å². The lowest BCUT2D eigenvalue weighted by molar-refractivity contribution is 0.0721. The first-order chi connectivity index (χ1) is 12.1. The number of carbonyl (C=O) groups excluding carboxylic acids is 1. The highest BCUT2D eigenvalue weighted by Gasteiger charge is 2.28. The van der Waals surface area contributed by atoms with Crippen LogP contribution in [0.15, 0.2) is 54.9 Å². The van der Waals surface area contributed by atoms with Crippen molar-refractivity contribution in [1.29, 1.82) is 0 Å². The first-order valence-electron chi connectivity index (χ1n) is 8.68. The third-order valence-corrected chi connectivity index (χ3v) is 4.83. The third kappa shape index (κ3) is 2.97. The smallest absolute Gasteiger partial charge is 0.274 e. The molecule has 1 atom stereocenters. The second-order valence-corrected chi connectivity index (χ2v) is 6.72. The number of piperazine rings is 1. The molecule has 1 aliphatic rings. The van der Waals surface area contributed by atoms with Crippen molar-refractivity contribution >= 4 is 17.2 Å². The molecule has 1 fully saturated rings. The van der Waals surface area contributed by atoms with Crippen LogP contribution in [0.3, 0.4) is 0 Å². The molecule has 0 radical (unpaired) electrons. The molecule has 3 heterocycles. The van der Waals surface area contributed by atoms with E-state index in [1.54, 1.807) is 0 Å².